The van der Waals surface area contributed by atoms with Gasteiger partial charge in [0.05, 0.1) is 0 Å². The molecule has 0 aromatic carbocycles. The van der Waals surface area contributed by atoms with Crippen LogP contribution in [0.15, 0.2) is 0 Å². The Balaban J connectivity index is 1.61. The fourth-order valence-corrected chi connectivity index (χ4v) is 3.61. The molecule has 2 heterocycles. The van der Waals surface area contributed by atoms with Gasteiger partial charge in [0.2, 0.25) is 5.91 Å². The van der Waals surface area contributed by atoms with E-state index in [1.807, 2.05) is 4.90 Å². The number of hydrogen-bond acceptors (Lipinski definition) is 2. The molecule has 2 aliphatic heterocycles. The first-order chi connectivity index (χ1) is 10.6. The Kier molecular flexibility index (Phi) is 6.76. The number of likely N-dealkylation sites (tertiary alicyclic amines) is 2. The molecule has 1 amide bonds. The average Bonchev–Trinajstić information content (AvgIpc) is 2.52. The zero-order valence-electron chi connectivity index (χ0n) is 14.6. The van der Waals surface area contributed by atoms with Crippen LogP contribution in [0.1, 0.15) is 52.9 Å². The molecule has 0 radical (unpaired) electrons. The zero-order valence-corrected chi connectivity index (χ0v) is 14.6. The van der Waals surface area contributed by atoms with Gasteiger partial charge >= 0.3 is 0 Å². The smallest absolute Gasteiger partial charge is 0.219 e. The van der Waals surface area contributed by atoms with Crippen molar-refractivity contribution in [2.75, 3.05) is 32.7 Å². The summed E-state index contributed by atoms with van der Waals surface area (Å²) in [6.45, 7) is 11.8. The molecule has 2 aliphatic rings. The van der Waals surface area contributed by atoms with E-state index in [1.54, 1.807) is 6.92 Å². The lowest BCUT2D eigenvalue weighted by Crippen LogP contribution is -2.36. The maximum absolute atomic E-state index is 11.3. The van der Waals surface area contributed by atoms with Gasteiger partial charge in [0, 0.05) is 38.9 Å². The quantitative estimate of drug-likeness (QED) is 0.748. The number of hydrogen-bond donors (Lipinski definition) is 0. The second-order valence-electron chi connectivity index (χ2n) is 7.27. The molecule has 0 N–H and O–H groups in total. The molecule has 2 fully saturated rings. The van der Waals surface area contributed by atoms with Crippen LogP contribution < -0.4 is 0 Å². The van der Waals surface area contributed by atoms with Gasteiger partial charge in [-0.05, 0) is 50.6 Å². The van der Waals surface area contributed by atoms with Gasteiger partial charge in [-0.2, -0.15) is 0 Å². The van der Waals surface area contributed by atoms with Crippen LogP contribution in [0.5, 0.6) is 0 Å². The topological polar surface area (TPSA) is 23.6 Å². The molecule has 124 valence electrons. The first-order valence-electron chi connectivity index (χ1n) is 9.02. The molecule has 0 bridgehead atoms. The molecule has 0 aromatic rings. The molecule has 0 spiro atoms. The van der Waals surface area contributed by atoms with Gasteiger partial charge in [0.1, 0.15) is 0 Å². The lowest BCUT2D eigenvalue weighted by atomic mass is 9.87. The summed E-state index contributed by atoms with van der Waals surface area (Å²) in [6, 6.07) is 0. The summed E-state index contributed by atoms with van der Waals surface area (Å²) in [6.07, 6.45) is 5.81. The maximum atomic E-state index is 11.3. The van der Waals surface area contributed by atoms with Gasteiger partial charge in [0.15, 0.2) is 0 Å². The van der Waals surface area contributed by atoms with E-state index < -0.39 is 0 Å². The molecule has 2 saturated heterocycles. The molecular formula is C19H32N2O. The number of nitrogens with zero attached hydrogens (tertiary/aromatic N) is 2. The summed E-state index contributed by atoms with van der Waals surface area (Å²) in [5.74, 6) is 9.29. The molecular weight excluding hydrogens is 272 g/mol. The van der Waals surface area contributed by atoms with Crippen LogP contribution in [0.25, 0.3) is 0 Å². The lowest BCUT2D eigenvalue weighted by molar-refractivity contribution is -0.129. The van der Waals surface area contributed by atoms with Gasteiger partial charge < -0.3 is 9.80 Å². The summed E-state index contributed by atoms with van der Waals surface area (Å²) in [7, 11) is 0. The van der Waals surface area contributed by atoms with Crippen LogP contribution in [-0.4, -0.2) is 48.4 Å². The summed E-state index contributed by atoms with van der Waals surface area (Å²) in [4.78, 5) is 15.8. The molecule has 3 heteroatoms. The van der Waals surface area contributed by atoms with Crippen molar-refractivity contribution >= 4 is 5.91 Å². The number of amides is 1. The summed E-state index contributed by atoms with van der Waals surface area (Å²) in [5.41, 5.74) is 0. The molecule has 0 aromatic heterocycles. The third-order valence-corrected chi connectivity index (χ3v) is 5.37. The Morgan fingerprint density at radius 2 is 1.73 bits per heavy atom. The number of rotatable bonds is 3. The standard InChI is InChI=1S/C19H32N2O/c1-16(2)19-9-12-20(13-10-19)11-5-4-6-18-7-14-21(15-8-18)17(3)22/h16,18-19H,5,7-15H2,1-3H3. The Bertz CT molecular complexity index is 405. The van der Waals surface area contributed by atoms with E-state index in [1.165, 1.54) is 25.9 Å². The highest BCUT2D eigenvalue weighted by molar-refractivity contribution is 5.73. The first-order valence-corrected chi connectivity index (χ1v) is 9.02. The predicted octanol–water partition coefficient (Wildman–Crippen LogP) is 3.01. The van der Waals surface area contributed by atoms with E-state index in [0.29, 0.717) is 5.92 Å². The van der Waals surface area contributed by atoms with Crippen molar-refractivity contribution in [3.8, 4) is 11.8 Å². The van der Waals surface area contributed by atoms with Crippen molar-refractivity contribution in [2.45, 2.75) is 52.9 Å². The first kappa shape index (κ1) is 17.3. The minimum Gasteiger partial charge on any atom is -0.343 e. The maximum Gasteiger partial charge on any atom is 0.219 e. The van der Waals surface area contributed by atoms with E-state index >= 15 is 0 Å². The minimum absolute atomic E-state index is 0.205. The van der Waals surface area contributed by atoms with E-state index in [-0.39, 0.29) is 5.91 Å². The summed E-state index contributed by atoms with van der Waals surface area (Å²) >= 11 is 0. The Morgan fingerprint density at radius 1 is 1.09 bits per heavy atom. The average molecular weight is 304 g/mol. The number of carbonyl (C=O) groups excluding carboxylic acids is 1. The van der Waals surface area contributed by atoms with Gasteiger partial charge in [0.25, 0.3) is 0 Å². The van der Waals surface area contributed by atoms with Crippen molar-refractivity contribution in [3.05, 3.63) is 0 Å². The largest absolute Gasteiger partial charge is 0.343 e. The van der Waals surface area contributed by atoms with E-state index in [9.17, 15) is 4.79 Å². The van der Waals surface area contributed by atoms with E-state index in [4.69, 9.17) is 0 Å². The Morgan fingerprint density at radius 3 is 2.27 bits per heavy atom. The Hall–Kier alpha value is -1.01. The fourth-order valence-electron chi connectivity index (χ4n) is 3.61. The van der Waals surface area contributed by atoms with Gasteiger partial charge in [-0.25, -0.2) is 0 Å². The second-order valence-corrected chi connectivity index (χ2v) is 7.27. The lowest BCUT2D eigenvalue weighted by Gasteiger charge is -2.33. The predicted molar refractivity (Wildman–Crippen MR) is 91.4 cm³/mol. The minimum atomic E-state index is 0.205. The number of carbonyl (C=O) groups is 1. The highest BCUT2D eigenvalue weighted by atomic mass is 16.2. The van der Waals surface area contributed by atoms with Crippen LogP contribution >= 0.6 is 0 Å². The van der Waals surface area contributed by atoms with E-state index in [0.717, 1.165) is 50.7 Å². The third-order valence-electron chi connectivity index (χ3n) is 5.37. The van der Waals surface area contributed by atoms with Crippen molar-refractivity contribution in [3.63, 3.8) is 0 Å². The van der Waals surface area contributed by atoms with E-state index in [2.05, 4.69) is 30.6 Å². The molecule has 0 saturated carbocycles. The molecule has 0 unspecified atom stereocenters. The summed E-state index contributed by atoms with van der Waals surface area (Å²) < 4.78 is 0. The number of piperidine rings is 2. The SMILES string of the molecule is CC(=O)N1CCC(C#CCCN2CCC(C(C)C)CC2)CC1. The summed E-state index contributed by atoms with van der Waals surface area (Å²) in [5, 5.41) is 0. The van der Waals surface area contributed by atoms with Crippen molar-refractivity contribution in [2.24, 2.45) is 17.8 Å². The van der Waals surface area contributed by atoms with Crippen molar-refractivity contribution in [1.82, 2.24) is 9.80 Å². The van der Waals surface area contributed by atoms with Gasteiger partial charge in [-0.1, -0.05) is 19.8 Å². The highest BCUT2D eigenvalue weighted by Gasteiger charge is 2.21. The molecule has 22 heavy (non-hydrogen) atoms. The normalized spacial score (nSPS) is 21.7. The third kappa shape index (κ3) is 5.32. The van der Waals surface area contributed by atoms with Gasteiger partial charge in [-0.3, -0.25) is 4.79 Å². The highest BCUT2D eigenvalue weighted by Crippen LogP contribution is 2.24. The molecule has 2 rings (SSSR count). The van der Waals surface area contributed by atoms with Crippen molar-refractivity contribution < 1.29 is 4.79 Å². The van der Waals surface area contributed by atoms with Crippen LogP contribution in [-0.2, 0) is 4.79 Å². The molecule has 3 nitrogen and oxygen atoms in total. The fraction of sp³-hybridized carbons (Fsp3) is 0.842. The van der Waals surface area contributed by atoms with Crippen LogP contribution in [0.3, 0.4) is 0 Å². The second kappa shape index (κ2) is 8.58. The van der Waals surface area contributed by atoms with Crippen LogP contribution in [0, 0.1) is 29.6 Å². The van der Waals surface area contributed by atoms with Gasteiger partial charge in [-0.15, -0.1) is 5.92 Å². The van der Waals surface area contributed by atoms with Crippen LogP contribution in [0.2, 0.25) is 0 Å². The molecule has 0 atom stereocenters. The Labute approximate surface area is 136 Å². The molecule has 0 aliphatic carbocycles. The van der Waals surface area contributed by atoms with Crippen LogP contribution in [0.4, 0.5) is 0 Å². The monoisotopic (exact) mass is 304 g/mol. The zero-order chi connectivity index (χ0) is 15.9. The van der Waals surface area contributed by atoms with Crippen molar-refractivity contribution in [1.29, 1.82) is 0 Å².